The zero-order valence-electron chi connectivity index (χ0n) is 33.6. The molecule has 4 nitrogen and oxygen atoms in total. The highest BCUT2D eigenvalue weighted by Gasteiger charge is 2.46. The van der Waals surface area contributed by atoms with Crippen molar-refractivity contribution in [1.29, 1.82) is 0 Å². The van der Waals surface area contributed by atoms with Crippen molar-refractivity contribution in [3.8, 4) is 67.5 Å². The van der Waals surface area contributed by atoms with Gasteiger partial charge in [-0.1, -0.05) is 206 Å². The lowest BCUT2D eigenvalue weighted by molar-refractivity contribution is 0.665. The van der Waals surface area contributed by atoms with Gasteiger partial charge >= 0.3 is 0 Å². The largest absolute Gasteiger partial charge is 0.456 e. The van der Waals surface area contributed by atoms with Gasteiger partial charge in [0.25, 0.3) is 0 Å². The molecule has 2 heterocycles. The first-order valence-corrected chi connectivity index (χ1v) is 21.0. The number of aromatic nitrogens is 3. The van der Waals surface area contributed by atoms with Gasteiger partial charge in [0.2, 0.25) is 0 Å². The average Bonchev–Trinajstić information content (AvgIpc) is 3.88. The average molecular weight is 792 g/mol. The van der Waals surface area contributed by atoms with Gasteiger partial charge in [-0.05, 0) is 73.8 Å². The molecule has 9 aromatic carbocycles. The highest BCUT2D eigenvalue weighted by atomic mass is 16.3. The standard InChI is InChI=1S/C58H37N3O/c1-4-18-38(19-5-1)40-22-16-23-41(36-40)56-59-55(39-20-6-2-7-21-39)60-57(61-56)48-29-11-10-26-44(48)47-30-17-33-52-54(47)49-35-34-43(37-53(49)62-52)58(42-24-8-3-9-25-42)50-31-14-12-27-45(50)46-28-13-15-32-51(46)58/h1-37H. The smallest absolute Gasteiger partial charge is 0.164 e. The van der Waals surface area contributed by atoms with E-state index in [-0.39, 0.29) is 0 Å². The number of rotatable bonds is 7. The third-order valence-corrected chi connectivity index (χ3v) is 12.4. The molecule has 1 aliphatic carbocycles. The van der Waals surface area contributed by atoms with E-state index in [0.29, 0.717) is 17.5 Å². The molecule has 0 atom stereocenters. The quantitative estimate of drug-likeness (QED) is 0.161. The summed E-state index contributed by atoms with van der Waals surface area (Å²) in [6.07, 6.45) is 0. The number of nitrogens with zero attached hydrogens (tertiary/aromatic N) is 3. The fourth-order valence-electron chi connectivity index (χ4n) is 9.72. The molecule has 0 bridgehead atoms. The van der Waals surface area contributed by atoms with Crippen LogP contribution in [0.15, 0.2) is 229 Å². The summed E-state index contributed by atoms with van der Waals surface area (Å²) < 4.78 is 6.88. The van der Waals surface area contributed by atoms with Crippen LogP contribution in [0.3, 0.4) is 0 Å². The van der Waals surface area contributed by atoms with Crippen molar-refractivity contribution in [2.75, 3.05) is 0 Å². The molecular weight excluding hydrogens is 755 g/mol. The van der Waals surface area contributed by atoms with Gasteiger partial charge in [-0.2, -0.15) is 0 Å². The first-order valence-electron chi connectivity index (χ1n) is 21.0. The van der Waals surface area contributed by atoms with E-state index >= 15 is 0 Å². The van der Waals surface area contributed by atoms with Gasteiger partial charge in [-0.25, -0.2) is 15.0 Å². The van der Waals surface area contributed by atoms with E-state index < -0.39 is 5.41 Å². The zero-order chi connectivity index (χ0) is 41.0. The van der Waals surface area contributed by atoms with Crippen LogP contribution in [0.4, 0.5) is 0 Å². The molecule has 0 saturated carbocycles. The maximum Gasteiger partial charge on any atom is 0.164 e. The van der Waals surface area contributed by atoms with Crippen LogP contribution < -0.4 is 0 Å². The van der Waals surface area contributed by atoms with Crippen LogP contribution in [0.5, 0.6) is 0 Å². The Morgan fingerprint density at radius 1 is 0.306 bits per heavy atom. The lowest BCUT2D eigenvalue weighted by Crippen LogP contribution is -2.28. The Kier molecular flexibility index (Phi) is 8.36. The maximum absolute atomic E-state index is 6.88. The van der Waals surface area contributed by atoms with E-state index in [1.807, 2.05) is 36.4 Å². The molecule has 0 aliphatic heterocycles. The van der Waals surface area contributed by atoms with Crippen molar-refractivity contribution in [1.82, 2.24) is 15.0 Å². The van der Waals surface area contributed by atoms with Crippen molar-refractivity contribution in [2.24, 2.45) is 0 Å². The van der Waals surface area contributed by atoms with E-state index in [9.17, 15) is 0 Å². The molecule has 12 rings (SSSR count). The fraction of sp³-hybridized carbons (Fsp3) is 0.0172. The third kappa shape index (κ3) is 5.65. The second kappa shape index (κ2) is 14.5. The monoisotopic (exact) mass is 791 g/mol. The molecule has 0 amide bonds. The number of hydrogen-bond acceptors (Lipinski definition) is 4. The molecule has 0 fully saturated rings. The van der Waals surface area contributed by atoms with E-state index in [2.05, 4.69) is 188 Å². The van der Waals surface area contributed by atoms with Crippen LogP contribution in [-0.4, -0.2) is 15.0 Å². The molecule has 0 saturated heterocycles. The molecule has 0 radical (unpaired) electrons. The molecule has 0 N–H and O–H groups in total. The summed E-state index contributed by atoms with van der Waals surface area (Å²) in [5.41, 5.74) is 15.7. The summed E-state index contributed by atoms with van der Waals surface area (Å²) in [7, 11) is 0. The number of benzene rings is 9. The topological polar surface area (TPSA) is 51.8 Å². The van der Waals surface area contributed by atoms with E-state index in [1.54, 1.807) is 0 Å². The SMILES string of the molecule is c1ccc(-c2cccc(-c3nc(-c4ccccc4)nc(-c4ccccc4-c4cccc5oc6cc(C7(c8ccccc8)c8ccccc8-c8ccccc87)ccc6c45)n3)c2)cc1. The van der Waals surface area contributed by atoms with E-state index in [1.165, 1.54) is 27.8 Å². The van der Waals surface area contributed by atoms with Crippen molar-refractivity contribution in [2.45, 2.75) is 5.41 Å². The summed E-state index contributed by atoms with van der Waals surface area (Å²) in [6, 6.07) is 79.1. The Bertz CT molecular complexity index is 3420. The lowest BCUT2D eigenvalue weighted by Gasteiger charge is -2.33. The Hall–Kier alpha value is -8.21. The number of fused-ring (bicyclic) bond motifs is 6. The van der Waals surface area contributed by atoms with Gasteiger partial charge in [0, 0.05) is 27.5 Å². The second-order valence-corrected chi connectivity index (χ2v) is 15.9. The summed E-state index contributed by atoms with van der Waals surface area (Å²) in [6.45, 7) is 0. The number of furan rings is 1. The predicted molar refractivity (Wildman–Crippen MR) is 252 cm³/mol. The molecule has 290 valence electrons. The Balaban J connectivity index is 1.04. The van der Waals surface area contributed by atoms with Crippen molar-refractivity contribution in [3.63, 3.8) is 0 Å². The summed E-state index contributed by atoms with van der Waals surface area (Å²) in [5, 5.41) is 2.10. The first kappa shape index (κ1) is 35.7. The molecule has 0 spiro atoms. The zero-order valence-corrected chi connectivity index (χ0v) is 33.6. The van der Waals surface area contributed by atoms with Crippen LogP contribution in [0, 0.1) is 0 Å². The third-order valence-electron chi connectivity index (χ3n) is 12.4. The highest BCUT2D eigenvalue weighted by molar-refractivity contribution is 6.13. The van der Waals surface area contributed by atoms with Crippen LogP contribution in [0.2, 0.25) is 0 Å². The molecule has 4 heteroatoms. The van der Waals surface area contributed by atoms with Gasteiger partial charge in [-0.3, -0.25) is 0 Å². The summed E-state index contributed by atoms with van der Waals surface area (Å²) in [5.74, 6) is 1.83. The van der Waals surface area contributed by atoms with Crippen molar-refractivity contribution in [3.05, 3.63) is 247 Å². The van der Waals surface area contributed by atoms with Crippen LogP contribution in [0.1, 0.15) is 22.3 Å². The minimum absolute atomic E-state index is 0.523. The van der Waals surface area contributed by atoms with Gasteiger partial charge in [0.05, 0.1) is 5.41 Å². The van der Waals surface area contributed by atoms with Crippen LogP contribution >= 0.6 is 0 Å². The van der Waals surface area contributed by atoms with E-state index in [4.69, 9.17) is 19.4 Å². The van der Waals surface area contributed by atoms with Gasteiger partial charge in [0.15, 0.2) is 17.5 Å². The minimum atomic E-state index is -0.523. The van der Waals surface area contributed by atoms with Gasteiger partial charge in [-0.15, -0.1) is 0 Å². The second-order valence-electron chi connectivity index (χ2n) is 15.9. The molecule has 2 aromatic heterocycles. The predicted octanol–water partition coefficient (Wildman–Crippen LogP) is 14.5. The Morgan fingerprint density at radius 2 is 0.823 bits per heavy atom. The van der Waals surface area contributed by atoms with Crippen LogP contribution in [0.25, 0.3) is 89.5 Å². The van der Waals surface area contributed by atoms with E-state index in [0.717, 1.165) is 66.4 Å². The van der Waals surface area contributed by atoms with Crippen molar-refractivity contribution < 1.29 is 4.42 Å². The molecular formula is C58H37N3O. The highest BCUT2D eigenvalue weighted by Crippen LogP contribution is 2.56. The molecule has 62 heavy (non-hydrogen) atoms. The van der Waals surface area contributed by atoms with Crippen LogP contribution in [-0.2, 0) is 5.41 Å². The number of hydrogen-bond donors (Lipinski definition) is 0. The van der Waals surface area contributed by atoms with Crippen molar-refractivity contribution >= 4 is 21.9 Å². The molecule has 0 unspecified atom stereocenters. The summed E-state index contributed by atoms with van der Waals surface area (Å²) in [4.78, 5) is 15.5. The summed E-state index contributed by atoms with van der Waals surface area (Å²) >= 11 is 0. The van der Waals surface area contributed by atoms with Gasteiger partial charge < -0.3 is 4.42 Å². The maximum atomic E-state index is 6.88. The fourth-order valence-corrected chi connectivity index (χ4v) is 9.72. The first-order chi connectivity index (χ1) is 30.7. The Labute approximate surface area is 359 Å². The molecule has 11 aromatic rings. The lowest BCUT2D eigenvalue weighted by atomic mass is 9.67. The Morgan fingerprint density at radius 3 is 1.53 bits per heavy atom. The normalized spacial score (nSPS) is 12.6. The molecule has 1 aliphatic rings. The minimum Gasteiger partial charge on any atom is -0.456 e. The van der Waals surface area contributed by atoms with Gasteiger partial charge in [0.1, 0.15) is 11.2 Å².